The van der Waals surface area contributed by atoms with Crippen molar-refractivity contribution in [3.8, 4) is 0 Å². The predicted octanol–water partition coefficient (Wildman–Crippen LogP) is 3.11. The van der Waals surface area contributed by atoms with Gasteiger partial charge in [-0.25, -0.2) is 0 Å². The fourth-order valence-corrected chi connectivity index (χ4v) is 1.87. The second kappa shape index (κ2) is 4.32. The summed E-state index contributed by atoms with van der Waals surface area (Å²) in [5, 5.41) is 0. The van der Waals surface area contributed by atoms with Crippen LogP contribution in [0.1, 0.15) is 44.2 Å². The minimum absolute atomic E-state index is 0.00783. The van der Waals surface area contributed by atoms with Gasteiger partial charge in [-0.05, 0) is 24.8 Å². The summed E-state index contributed by atoms with van der Waals surface area (Å²) < 4.78 is 5.59. The molecule has 1 aromatic rings. The molecule has 88 valence electrons. The first kappa shape index (κ1) is 11.2. The maximum absolute atomic E-state index is 11.2. The third-order valence-electron chi connectivity index (χ3n) is 2.77. The summed E-state index contributed by atoms with van der Waals surface area (Å²) in [5.74, 6) is 1.91. The molecule has 0 aliphatic heterocycles. The lowest BCUT2D eigenvalue weighted by Crippen LogP contribution is -2.29. The summed E-state index contributed by atoms with van der Waals surface area (Å²) in [6, 6.07) is 4.30. The normalized spacial score (nSPS) is 15.5. The van der Waals surface area contributed by atoms with Crippen LogP contribution in [-0.4, -0.2) is 18.4 Å². The molecule has 0 aromatic carbocycles. The lowest BCUT2D eigenvalue weighted by atomic mass is 10.2. The van der Waals surface area contributed by atoms with Gasteiger partial charge in [-0.2, -0.15) is 0 Å². The second-order valence-electron chi connectivity index (χ2n) is 4.97. The van der Waals surface area contributed by atoms with Crippen molar-refractivity contribution in [2.24, 2.45) is 5.92 Å². The SMILES string of the molecule is CC(=O)c1ccc(N(CC(C)C)C2CC2)o1. The summed E-state index contributed by atoms with van der Waals surface area (Å²) >= 11 is 0. The Labute approximate surface area is 96.4 Å². The fraction of sp³-hybridized carbons (Fsp3) is 0.615. The van der Waals surface area contributed by atoms with Gasteiger partial charge >= 0.3 is 0 Å². The van der Waals surface area contributed by atoms with Gasteiger partial charge in [0.15, 0.2) is 17.4 Å². The molecule has 2 rings (SSSR count). The smallest absolute Gasteiger partial charge is 0.196 e. The van der Waals surface area contributed by atoms with Gasteiger partial charge in [-0.3, -0.25) is 4.79 Å². The summed E-state index contributed by atoms with van der Waals surface area (Å²) in [7, 11) is 0. The van der Waals surface area contributed by atoms with Crippen LogP contribution in [0.15, 0.2) is 16.5 Å². The minimum Gasteiger partial charge on any atom is -0.437 e. The van der Waals surface area contributed by atoms with Crippen LogP contribution < -0.4 is 4.90 Å². The zero-order valence-corrected chi connectivity index (χ0v) is 10.2. The zero-order valence-electron chi connectivity index (χ0n) is 10.2. The Bertz CT molecular complexity index is 377. The van der Waals surface area contributed by atoms with Crippen molar-refractivity contribution in [2.45, 2.75) is 39.7 Å². The van der Waals surface area contributed by atoms with Crippen LogP contribution in [0.5, 0.6) is 0 Å². The average molecular weight is 221 g/mol. The minimum atomic E-state index is -0.00783. The number of hydrogen-bond acceptors (Lipinski definition) is 3. The summed E-state index contributed by atoms with van der Waals surface area (Å²) in [5.41, 5.74) is 0. The first-order valence-corrected chi connectivity index (χ1v) is 5.95. The first-order valence-electron chi connectivity index (χ1n) is 5.95. The Morgan fingerprint density at radius 1 is 1.50 bits per heavy atom. The number of nitrogens with zero attached hydrogens (tertiary/aromatic N) is 1. The summed E-state index contributed by atoms with van der Waals surface area (Å²) in [6.07, 6.45) is 2.48. The fourth-order valence-electron chi connectivity index (χ4n) is 1.87. The van der Waals surface area contributed by atoms with Crippen molar-refractivity contribution >= 4 is 11.7 Å². The predicted molar refractivity (Wildman–Crippen MR) is 63.9 cm³/mol. The van der Waals surface area contributed by atoms with Crippen LogP contribution in [-0.2, 0) is 0 Å². The molecule has 0 unspecified atom stereocenters. The van der Waals surface area contributed by atoms with Crippen molar-refractivity contribution in [3.63, 3.8) is 0 Å². The van der Waals surface area contributed by atoms with Crippen LogP contribution in [0.2, 0.25) is 0 Å². The molecule has 3 nitrogen and oxygen atoms in total. The molecule has 0 bridgehead atoms. The maximum Gasteiger partial charge on any atom is 0.196 e. The van der Waals surface area contributed by atoms with Gasteiger partial charge in [0.2, 0.25) is 0 Å². The zero-order chi connectivity index (χ0) is 11.7. The molecular formula is C13H19NO2. The van der Waals surface area contributed by atoms with E-state index in [1.165, 1.54) is 19.8 Å². The van der Waals surface area contributed by atoms with Gasteiger partial charge in [0, 0.05) is 25.6 Å². The Morgan fingerprint density at radius 2 is 2.19 bits per heavy atom. The molecule has 1 aliphatic rings. The Balaban J connectivity index is 2.14. The summed E-state index contributed by atoms with van der Waals surface area (Å²) in [6.45, 7) is 6.93. The largest absolute Gasteiger partial charge is 0.437 e. The molecule has 0 spiro atoms. The molecule has 0 saturated heterocycles. The van der Waals surface area contributed by atoms with E-state index in [1.54, 1.807) is 6.07 Å². The number of anilines is 1. The number of rotatable bonds is 5. The van der Waals surface area contributed by atoms with E-state index in [2.05, 4.69) is 18.7 Å². The number of hydrogen-bond donors (Lipinski definition) is 0. The molecule has 0 atom stereocenters. The molecule has 0 radical (unpaired) electrons. The van der Waals surface area contributed by atoms with E-state index < -0.39 is 0 Å². The van der Waals surface area contributed by atoms with E-state index >= 15 is 0 Å². The van der Waals surface area contributed by atoms with Crippen molar-refractivity contribution < 1.29 is 9.21 Å². The molecule has 1 fully saturated rings. The Morgan fingerprint density at radius 3 is 2.62 bits per heavy atom. The average Bonchev–Trinajstić information content (AvgIpc) is 2.91. The van der Waals surface area contributed by atoms with Gasteiger partial charge in [0.1, 0.15) is 0 Å². The van der Waals surface area contributed by atoms with Crippen LogP contribution in [0.3, 0.4) is 0 Å². The van der Waals surface area contributed by atoms with Gasteiger partial charge < -0.3 is 9.32 Å². The topological polar surface area (TPSA) is 33.5 Å². The van der Waals surface area contributed by atoms with Gasteiger partial charge in [0.25, 0.3) is 0 Å². The number of furan rings is 1. The highest BCUT2D eigenvalue weighted by Gasteiger charge is 2.31. The molecule has 1 aromatic heterocycles. The van der Waals surface area contributed by atoms with E-state index in [4.69, 9.17) is 4.42 Å². The van der Waals surface area contributed by atoms with E-state index in [0.717, 1.165) is 12.4 Å². The van der Waals surface area contributed by atoms with E-state index in [9.17, 15) is 4.79 Å². The van der Waals surface area contributed by atoms with E-state index in [-0.39, 0.29) is 5.78 Å². The van der Waals surface area contributed by atoms with Crippen LogP contribution >= 0.6 is 0 Å². The van der Waals surface area contributed by atoms with Gasteiger partial charge in [-0.1, -0.05) is 13.8 Å². The van der Waals surface area contributed by atoms with Crippen LogP contribution in [0.4, 0.5) is 5.88 Å². The molecular weight excluding hydrogens is 202 g/mol. The van der Waals surface area contributed by atoms with Crippen molar-refractivity contribution in [3.05, 3.63) is 17.9 Å². The van der Waals surface area contributed by atoms with Gasteiger partial charge in [0.05, 0.1) is 0 Å². The van der Waals surface area contributed by atoms with Crippen LogP contribution in [0, 0.1) is 5.92 Å². The van der Waals surface area contributed by atoms with Gasteiger partial charge in [-0.15, -0.1) is 0 Å². The monoisotopic (exact) mass is 221 g/mol. The van der Waals surface area contributed by atoms with E-state index in [0.29, 0.717) is 17.7 Å². The quantitative estimate of drug-likeness (QED) is 0.716. The van der Waals surface area contributed by atoms with Crippen LogP contribution in [0.25, 0.3) is 0 Å². The second-order valence-corrected chi connectivity index (χ2v) is 4.97. The Kier molecular flexibility index (Phi) is 3.03. The molecule has 3 heteroatoms. The third kappa shape index (κ3) is 2.46. The molecule has 1 aliphatic carbocycles. The molecule has 16 heavy (non-hydrogen) atoms. The van der Waals surface area contributed by atoms with Crippen molar-refractivity contribution in [2.75, 3.05) is 11.4 Å². The third-order valence-corrected chi connectivity index (χ3v) is 2.77. The molecule has 0 N–H and O–H groups in total. The maximum atomic E-state index is 11.2. The molecule has 1 saturated carbocycles. The lowest BCUT2D eigenvalue weighted by molar-refractivity contribution is 0.0987. The highest BCUT2D eigenvalue weighted by molar-refractivity contribution is 5.91. The molecule has 0 amide bonds. The van der Waals surface area contributed by atoms with E-state index in [1.807, 2.05) is 6.07 Å². The number of Topliss-reactive ketones (excluding diaryl/α,β-unsaturated/α-hetero) is 1. The van der Waals surface area contributed by atoms with Crippen molar-refractivity contribution in [1.29, 1.82) is 0 Å². The Hall–Kier alpha value is -1.25. The summed E-state index contributed by atoms with van der Waals surface area (Å²) in [4.78, 5) is 13.5. The van der Waals surface area contributed by atoms with Crippen molar-refractivity contribution in [1.82, 2.24) is 0 Å². The number of carbonyl (C=O) groups excluding carboxylic acids is 1. The number of ketones is 1. The lowest BCUT2D eigenvalue weighted by Gasteiger charge is -2.23. The highest BCUT2D eigenvalue weighted by atomic mass is 16.4. The number of carbonyl (C=O) groups is 1. The highest BCUT2D eigenvalue weighted by Crippen LogP contribution is 2.33. The first-order chi connectivity index (χ1) is 7.58. The standard InChI is InChI=1S/C13H19NO2/c1-9(2)8-14(11-4-5-11)13-7-6-12(16-13)10(3)15/h6-7,9,11H,4-5,8H2,1-3H3. The molecule has 1 heterocycles.